The zero-order valence-electron chi connectivity index (χ0n) is 17.9. The second kappa shape index (κ2) is 8.57. The van der Waals surface area contributed by atoms with Crippen molar-refractivity contribution in [1.29, 1.82) is 0 Å². The van der Waals surface area contributed by atoms with Crippen LogP contribution >= 0.6 is 11.8 Å². The molecule has 1 aliphatic rings. The molecular formula is C29H21N3S. The van der Waals surface area contributed by atoms with Gasteiger partial charge in [0.2, 0.25) is 0 Å². The van der Waals surface area contributed by atoms with E-state index in [1.165, 1.54) is 21.8 Å². The lowest BCUT2D eigenvalue weighted by Crippen LogP contribution is -2.11. The van der Waals surface area contributed by atoms with Crippen molar-refractivity contribution in [2.24, 2.45) is 0 Å². The summed E-state index contributed by atoms with van der Waals surface area (Å²) in [6, 6.07) is 36.1. The summed E-state index contributed by atoms with van der Waals surface area (Å²) >= 11 is 1.88. The predicted molar refractivity (Wildman–Crippen MR) is 137 cm³/mol. The van der Waals surface area contributed by atoms with Crippen molar-refractivity contribution in [3.05, 3.63) is 121 Å². The summed E-state index contributed by atoms with van der Waals surface area (Å²) < 4.78 is 0. The van der Waals surface area contributed by atoms with E-state index in [1.807, 2.05) is 48.4 Å². The highest BCUT2D eigenvalue weighted by Gasteiger charge is 2.23. The van der Waals surface area contributed by atoms with Crippen LogP contribution < -0.4 is 4.90 Å². The molecule has 0 radical (unpaired) electrons. The number of benzene rings is 3. The van der Waals surface area contributed by atoms with E-state index in [2.05, 4.69) is 93.7 Å². The minimum absolute atomic E-state index is 0.933. The third-order valence-electron chi connectivity index (χ3n) is 5.84. The van der Waals surface area contributed by atoms with Crippen molar-refractivity contribution in [1.82, 2.24) is 9.97 Å². The Morgan fingerprint density at radius 1 is 0.606 bits per heavy atom. The monoisotopic (exact) mass is 443 g/mol. The van der Waals surface area contributed by atoms with Crippen LogP contribution in [0.15, 0.2) is 120 Å². The van der Waals surface area contributed by atoms with Gasteiger partial charge in [0.1, 0.15) is 0 Å². The average Bonchev–Trinajstić information content (AvgIpc) is 3.06. The van der Waals surface area contributed by atoms with Crippen molar-refractivity contribution in [3.63, 3.8) is 0 Å². The highest BCUT2D eigenvalue weighted by atomic mass is 32.2. The smallest absolute Gasteiger partial charge is 0.0702 e. The molecule has 3 aromatic carbocycles. The van der Waals surface area contributed by atoms with Gasteiger partial charge in [-0.1, -0.05) is 48.5 Å². The van der Waals surface area contributed by atoms with Crippen LogP contribution in [-0.2, 0) is 5.75 Å². The van der Waals surface area contributed by atoms with Gasteiger partial charge in [0.05, 0.1) is 22.8 Å². The lowest BCUT2D eigenvalue weighted by atomic mass is 10.1. The largest absolute Gasteiger partial charge is 0.309 e. The van der Waals surface area contributed by atoms with Crippen LogP contribution in [0.1, 0.15) is 5.56 Å². The fourth-order valence-electron chi connectivity index (χ4n) is 4.26. The van der Waals surface area contributed by atoms with E-state index in [0.29, 0.717) is 0 Å². The molecule has 158 valence electrons. The fraction of sp³-hybridized carbons (Fsp3) is 0.0345. The quantitative estimate of drug-likeness (QED) is 0.283. The summed E-state index contributed by atoms with van der Waals surface area (Å²) in [5.41, 5.74) is 8.98. The van der Waals surface area contributed by atoms with Gasteiger partial charge >= 0.3 is 0 Å². The molecule has 1 aliphatic heterocycles. The molecule has 0 bridgehead atoms. The van der Waals surface area contributed by atoms with Crippen LogP contribution in [0.2, 0.25) is 0 Å². The number of rotatable bonds is 3. The Balaban J connectivity index is 1.56. The highest BCUT2D eigenvalue weighted by Crippen LogP contribution is 2.48. The molecule has 0 N–H and O–H groups in total. The van der Waals surface area contributed by atoms with E-state index in [-0.39, 0.29) is 0 Å². The maximum atomic E-state index is 4.58. The first-order chi connectivity index (χ1) is 16.4. The van der Waals surface area contributed by atoms with E-state index in [9.17, 15) is 0 Å². The van der Waals surface area contributed by atoms with Gasteiger partial charge in [0.15, 0.2) is 0 Å². The van der Waals surface area contributed by atoms with Crippen LogP contribution in [-0.4, -0.2) is 9.97 Å². The summed E-state index contributed by atoms with van der Waals surface area (Å²) in [7, 11) is 0. The summed E-state index contributed by atoms with van der Waals surface area (Å²) in [5, 5.41) is 0. The second-order valence-electron chi connectivity index (χ2n) is 7.92. The van der Waals surface area contributed by atoms with Gasteiger partial charge in [-0.2, -0.15) is 0 Å². The average molecular weight is 444 g/mol. The molecule has 0 atom stereocenters. The van der Waals surface area contributed by atoms with Gasteiger partial charge in [-0.05, 0) is 60.2 Å². The number of para-hydroxylation sites is 1. The summed E-state index contributed by atoms with van der Waals surface area (Å²) in [5.74, 6) is 0.933. The topological polar surface area (TPSA) is 29.0 Å². The van der Waals surface area contributed by atoms with E-state index in [4.69, 9.17) is 0 Å². The third kappa shape index (κ3) is 3.79. The minimum Gasteiger partial charge on any atom is -0.309 e. The molecule has 0 unspecified atom stereocenters. The SMILES string of the molecule is c1ccc(-c2cccc(N3c4ccccc4CSc4ccc(-c5ccccn5)cc43)c2)nc1. The Kier molecular flexibility index (Phi) is 5.13. The number of nitrogens with zero attached hydrogens (tertiary/aromatic N) is 3. The van der Waals surface area contributed by atoms with Gasteiger partial charge in [0.25, 0.3) is 0 Å². The maximum Gasteiger partial charge on any atom is 0.0702 e. The Morgan fingerprint density at radius 3 is 2.09 bits per heavy atom. The molecule has 2 aromatic heterocycles. The van der Waals surface area contributed by atoms with Gasteiger partial charge in [-0.25, -0.2) is 0 Å². The zero-order valence-corrected chi connectivity index (χ0v) is 18.7. The first-order valence-electron chi connectivity index (χ1n) is 10.9. The predicted octanol–water partition coefficient (Wildman–Crippen LogP) is 7.89. The molecule has 33 heavy (non-hydrogen) atoms. The van der Waals surface area contributed by atoms with E-state index in [1.54, 1.807) is 0 Å². The van der Waals surface area contributed by atoms with Crippen LogP contribution in [0.5, 0.6) is 0 Å². The molecule has 3 heterocycles. The van der Waals surface area contributed by atoms with E-state index >= 15 is 0 Å². The lowest BCUT2D eigenvalue weighted by Gasteiger charge is -2.27. The van der Waals surface area contributed by atoms with Gasteiger partial charge in [0, 0.05) is 39.9 Å². The number of anilines is 3. The van der Waals surface area contributed by atoms with Crippen molar-refractivity contribution in [3.8, 4) is 22.5 Å². The first kappa shape index (κ1) is 19.8. The number of fused-ring (bicyclic) bond motifs is 2. The molecule has 5 aromatic rings. The van der Waals surface area contributed by atoms with Gasteiger partial charge in [-0.15, -0.1) is 11.8 Å². The van der Waals surface area contributed by atoms with Crippen LogP contribution in [0.25, 0.3) is 22.5 Å². The molecule has 0 saturated carbocycles. The van der Waals surface area contributed by atoms with Crippen molar-refractivity contribution in [2.75, 3.05) is 4.90 Å². The van der Waals surface area contributed by atoms with Crippen molar-refractivity contribution in [2.45, 2.75) is 10.6 Å². The summed E-state index contributed by atoms with van der Waals surface area (Å²) in [4.78, 5) is 12.8. The number of hydrogen-bond acceptors (Lipinski definition) is 4. The molecule has 6 rings (SSSR count). The molecule has 0 fully saturated rings. The van der Waals surface area contributed by atoms with Crippen LogP contribution in [0.3, 0.4) is 0 Å². The second-order valence-corrected chi connectivity index (χ2v) is 8.93. The molecule has 0 aliphatic carbocycles. The zero-order chi connectivity index (χ0) is 22.0. The Bertz CT molecular complexity index is 1420. The van der Waals surface area contributed by atoms with Gasteiger partial charge < -0.3 is 4.90 Å². The Hall–Kier alpha value is -3.89. The standard InChI is InChI=1S/C29H21N3S/c1-2-13-27-23(8-1)20-33-29-15-14-22(26-12-4-6-17-31-26)19-28(29)32(27)24-10-7-9-21(18-24)25-11-3-5-16-30-25/h1-19H,20H2. The maximum absolute atomic E-state index is 4.58. The van der Waals surface area contributed by atoms with E-state index in [0.717, 1.165) is 34.0 Å². The first-order valence-corrected chi connectivity index (χ1v) is 11.9. The van der Waals surface area contributed by atoms with E-state index < -0.39 is 0 Å². The van der Waals surface area contributed by atoms with Crippen molar-refractivity contribution < 1.29 is 0 Å². The minimum atomic E-state index is 0.933. The highest BCUT2D eigenvalue weighted by molar-refractivity contribution is 7.98. The molecule has 0 spiro atoms. The summed E-state index contributed by atoms with van der Waals surface area (Å²) in [6.45, 7) is 0. The lowest BCUT2D eigenvalue weighted by molar-refractivity contribution is 1.22. The number of aromatic nitrogens is 2. The third-order valence-corrected chi connectivity index (χ3v) is 6.95. The normalized spacial score (nSPS) is 12.5. The Morgan fingerprint density at radius 2 is 1.33 bits per heavy atom. The van der Waals surface area contributed by atoms with Crippen LogP contribution in [0.4, 0.5) is 17.1 Å². The molecule has 3 nitrogen and oxygen atoms in total. The number of thioether (sulfide) groups is 1. The van der Waals surface area contributed by atoms with Crippen molar-refractivity contribution >= 4 is 28.8 Å². The molecule has 0 amide bonds. The Labute approximate surface area is 197 Å². The number of pyridine rings is 2. The van der Waals surface area contributed by atoms with Gasteiger partial charge in [-0.3, -0.25) is 9.97 Å². The molecule has 4 heteroatoms. The fourth-order valence-corrected chi connectivity index (χ4v) is 5.28. The number of hydrogen-bond donors (Lipinski definition) is 0. The summed E-state index contributed by atoms with van der Waals surface area (Å²) in [6.07, 6.45) is 3.69. The molecular weight excluding hydrogens is 422 g/mol. The van der Waals surface area contributed by atoms with Crippen LogP contribution in [0, 0.1) is 0 Å². The molecule has 0 saturated heterocycles.